The zero-order valence-electron chi connectivity index (χ0n) is 24.7. The first-order chi connectivity index (χ1) is 22.8. The standard InChI is InChI=1S/C41H25N5/c1-4-33(25-42-20-1)37-18-15-29-10-12-32(24-39(29)46-37)31-11-9-28-14-17-36(45-38(28)23-31)27-7-5-26(6-8-27)34-19-22-44-41-35(34)16-13-30-3-2-21-43-40(30)41/h1-25H. The van der Waals surface area contributed by atoms with E-state index in [1.54, 1.807) is 6.20 Å². The number of hydrogen-bond acceptors (Lipinski definition) is 5. The van der Waals surface area contributed by atoms with Crippen LogP contribution in [0.4, 0.5) is 0 Å². The summed E-state index contributed by atoms with van der Waals surface area (Å²) in [5.41, 5.74) is 12.2. The Kier molecular flexibility index (Phi) is 6.06. The molecule has 46 heavy (non-hydrogen) atoms. The van der Waals surface area contributed by atoms with E-state index in [1.165, 1.54) is 0 Å². The maximum absolute atomic E-state index is 5.09. The van der Waals surface area contributed by atoms with Crippen molar-refractivity contribution in [2.24, 2.45) is 0 Å². The summed E-state index contributed by atoms with van der Waals surface area (Å²) in [4.78, 5) is 23.6. The minimum absolute atomic E-state index is 0.913. The Morgan fingerprint density at radius 2 is 1.00 bits per heavy atom. The van der Waals surface area contributed by atoms with Crippen molar-refractivity contribution >= 4 is 43.6 Å². The van der Waals surface area contributed by atoms with Crippen LogP contribution in [0.25, 0.3) is 88.4 Å². The quantitative estimate of drug-likeness (QED) is 0.192. The number of nitrogens with zero attached hydrogens (tertiary/aromatic N) is 5. The fourth-order valence-corrected chi connectivity index (χ4v) is 6.26. The van der Waals surface area contributed by atoms with Crippen LogP contribution >= 0.6 is 0 Å². The lowest BCUT2D eigenvalue weighted by molar-refractivity contribution is 1.30. The van der Waals surface area contributed by atoms with E-state index in [-0.39, 0.29) is 0 Å². The molecule has 5 heteroatoms. The Hall–Kier alpha value is -6.33. The zero-order valence-corrected chi connectivity index (χ0v) is 24.7. The van der Waals surface area contributed by atoms with Gasteiger partial charge in [0, 0.05) is 57.5 Å². The molecule has 5 aromatic heterocycles. The molecule has 0 aliphatic heterocycles. The van der Waals surface area contributed by atoms with Crippen LogP contribution in [0, 0.1) is 0 Å². The van der Waals surface area contributed by atoms with Crippen LogP contribution in [0.3, 0.4) is 0 Å². The number of benzene rings is 4. The van der Waals surface area contributed by atoms with Crippen molar-refractivity contribution in [3.05, 3.63) is 152 Å². The first-order valence-electron chi connectivity index (χ1n) is 15.2. The molecule has 9 aromatic rings. The Morgan fingerprint density at radius 3 is 1.72 bits per heavy atom. The van der Waals surface area contributed by atoms with Crippen molar-refractivity contribution in [1.29, 1.82) is 0 Å². The van der Waals surface area contributed by atoms with Crippen molar-refractivity contribution < 1.29 is 0 Å². The van der Waals surface area contributed by atoms with Gasteiger partial charge in [-0.15, -0.1) is 0 Å². The lowest BCUT2D eigenvalue weighted by Crippen LogP contribution is -1.89. The second kappa shape index (κ2) is 10.7. The third-order valence-corrected chi connectivity index (χ3v) is 8.65. The van der Waals surface area contributed by atoms with Crippen molar-refractivity contribution in [2.45, 2.75) is 0 Å². The Labute approximate surface area is 264 Å². The molecule has 0 atom stereocenters. The van der Waals surface area contributed by atoms with Crippen molar-refractivity contribution in [3.8, 4) is 44.8 Å². The molecular weight excluding hydrogens is 562 g/mol. The first kappa shape index (κ1) is 26.1. The molecule has 0 N–H and O–H groups in total. The largest absolute Gasteiger partial charge is 0.264 e. The summed E-state index contributed by atoms with van der Waals surface area (Å²) >= 11 is 0. The highest BCUT2D eigenvalue weighted by molar-refractivity contribution is 6.08. The van der Waals surface area contributed by atoms with Crippen LogP contribution in [0.1, 0.15) is 0 Å². The van der Waals surface area contributed by atoms with Gasteiger partial charge in [0.25, 0.3) is 0 Å². The van der Waals surface area contributed by atoms with E-state index < -0.39 is 0 Å². The summed E-state index contributed by atoms with van der Waals surface area (Å²) in [6, 6.07) is 44.3. The van der Waals surface area contributed by atoms with Crippen LogP contribution in [0.15, 0.2) is 152 Å². The van der Waals surface area contributed by atoms with E-state index in [9.17, 15) is 0 Å². The van der Waals surface area contributed by atoms with Crippen LogP contribution < -0.4 is 0 Å². The first-order valence-corrected chi connectivity index (χ1v) is 15.2. The minimum atomic E-state index is 0.913. The van der Waals surface area contributed by atoms with Gasteiger partial charge in [0.1, 0.15) is 0 Å². The average molecular weight is 588 g/mol. The Bertz CT molecular complexity index is 2580. The molecule has 0 saturated carbocycles. The van der Waals surface area contributed by atoms with Gasteiger partial charge in [-0.2, -0.15) is 0 Å². The number of rotatable bonds is 4. The molecule has 0 fully saturated rings. The van der Waals surface area contributed by atoms with E-state index in [4.69, 9.17) is 9.97 Å². The molecular formula is C41H25N5. The van der Waals surface area contributed by atoms with E-state index in [2.05, 4.69) is 118 Å². The highest BCUT2D eigenvalue weighted by Crippen LogP contribution is 2.33. The topological polar surface area (TPSA) is 64.5 Å². The van der Waals surface area contributed by atoms with Gasteiger partial charge in [0.15, 0.2) is 0 Å². The normalized spacial score (nSPS) is 11.5. The summed E-state index contributed by atoms with van der Waals surface area (Å²) in [5.74, 6) is 0. The molecule has 0 radical (unpaired) electrons. The van der Waals surface area contributed by atoms with Gasteiger partial charge >= 0.3 is 0 Å². The van der Waals surface area contributed by atoms with E-state index >= 15 is 0 Å². The van der Waals surface area contributed by atoms with Gasteiger partial charge in [-0.3, -0.25) is 15.0 Å². The lowest BCUT2D eigenvalue weighted by Gasteiger charge is -2.10. The SMILES string of the molecule is c1cncc(-c2ccc3ccc(-c4ccc5ccc(-c6ccc(-c7ccnc8c7ccc7cccnc78)cc6)nc5c4)cc3n2)c1. The van der Waals surface area contributed by atoms with E-state index in [1.807, 2.05) is 42.9 Å². The van der Waals surface area contributed by atoms with Crippen molar-refractivity contribution in [2.75, 3.05) is 0 Å². The number of pyridine rings is 5. The lowest BCUT2D eigenvalue weighted by atomic mass is 9.98. The van der Waals surface area contributed by atoms with Gasteiger partial charge in [-0.25, -0.2) is 9.97 Å². The summed E-state index contributed by atoms with van der Waals surface area (Å²) in [5, 5.41) is 4.39. The Balaban J connectivity index is 1.05. The molecule has 0 spiro atoms. The predicted octanol–water partition coefficient (Wildman–Crippen LogP) is 9.94. The third kappa shape index (κ3) is 4.54. The van der Waals surface area contributed by atoms with Crippen molar-refractivity contribution in [1.82, 2.24) is 24.9 Å². The van der Waals surface area contributed by atoms with Crippen LogP contribution in [-0.2, 0) is 0 Å². The minimum Gasteiger partial charge on any atom is -0.264 e. The number of aromatic nitrogens is 5. The number of hydrogen-bond donors (Lipinski definition) is 0. The summed E-state index contributed by atoms with van der Waals surface area (Å²) < 4.78 is 0. The van der Waals surface area contributed by atoms with Crippen LogP contribution in [0.5, 0.6) is 0 Å². The molecule has 0 amide bonds. The fourth-order valence-electron chi connectivity index (χ4n) is 6.26. The zero-order chi connectivity index (χ0) is 30.5. The third-order valence-electron chi connectivity index (χ3n) is 8.65. The molecule has 5 heterocycles. The molecule has 0 aliphatic rings. The second-order valence-corrected chi connectivity index (χ2v) is 11.4. The molecule has 4 aromatic carbocycles. The van der Waals surface area contributed by atoms with E-state index in [0.717, 1.165) is 88.4 Å². The fraction of sp³-hybridized carbons (Fsp3) is 0. The van der Waals surface area contributed by atoms with Gasteiger partial charge in [0.05, 0.1) is 33.5 Å². The van der Waals surface area contributed by atoms with E-state index in [0.29, 0.717) is 0 Å². The van der Waals surface area contributed by atoms with Crippen molar-refractivity contribution in [3.63, 3.8) is 0 Å². The molecule has 0 aliphatic carbocycles. The van der Waals surface area contributed by atoms with Gasteiger partial charge in [0.2, 0.25) is 0 Å². The molecule has 0 unspecified atom stereocenters. The molecule has 9 rings (SSSR count). The average Bonchev–Trinajstić information content (AvgIpc) is 3.14. The molecule has 0 bridgehead atoms. The van der Waals surface area contributed by atoms with Gasteiger partial charge < -0.3 is 0 Å². The summed E-state index contributed by atoms with van der Waals surface area (Å²) in [7, 11) is 0. The van der Waals surface area contributed by atoms with Gasteiger partial charge in [-0.1, -0.05) is 78.9 Å². The maximum Gasteiger partial charge on any atom is 0.0970 e. The number of fused-ring (bicyclic) bond motifs is 5. The second-order valence-electron chi connectivity index (χ2n) is 11.4. The summed E-state index contributed by atoms with van der Waals surface area (Å²) in [6.45, 7) is 0. The summed E-state index contributed by atoms with van der Waals surface area (Å²) in [6.07, 6.45) is 7.32. The highest BCUT2D eigenvalue weighted by atomic mass is 14.7. The molecule has 5 nitrogen and oxygen atoms in total. The monoisotopic (exact) mass is 587 g/mol. The maximum atomic E-state index is 5.09. The Morgan fingerprint density at radius 1 is 0.391 bits per heavy atom. The highest BCUT2D eigenvalue weighted by Gasteiger charge is 2.11. The predicted molar refractivity (Wildman–Crippen MR) is 187 cm³/mol. The van der Waals surface area contributed by atoms with Crippen LogP contribution in [0.2, 0.25) is 0 Å². The van der Waals surface area contributed by atoms with Gasteiger partial charge in [-0.05, 0) is 70.8 Å². The van der Waals surface area contributed by atoms with Crippen LogP contribution in [-0.4, -0.2) is 24.9 Å². The molecule has 0 saturated heterocycles. The smallest absolute Gasteiger partial charge is 0.0970 e. The molecule has 214 valence electrons.